The van der Waals surface area contributed by atoms with Crippen molar-refractivity contribution in [3.05, 3.63) is 60.0 Å². The van der Waals surface area contributed by atoms with Crippen LogP contribution in [0.3, 0.4) is 0 Å². The molecule has 0 spiro atoms. The Morgan fingerprint density at radius 2 is 2.04 bits per heavy atom. The van der Waals surface area contributed by atoms with Gasteiger partial charge in [0.15, 0.2) is 15.5 Å². The molecule has 118 valence electrons. The Morgan fingerprint density at radius 3 is 2.96 bits per heavy atom. The van der Waals surface area contributed by atoms with E-state index in [-0.39, 0.29) is 5.75 Å². The van der Waals surface area contributed by atoms with Gasteiger partial charge in [0.25, 0.3) is 0 Å². The van der Waals surface area contributed by atoms with E-state index in [1.54, 1.807) is 22.8 Å². The minimum Gasteiger partial charge on any atom is -0.294 e. The molecule has 1 aliphatic heterocycles. The van der Waals surface area contributed by atoms with E-state index in [9.17, 15) is 8.42 Å². The smallest absolute Gasteiger partial charge is 0.179 e. The number of hydrogen-bond donors (Lipinski definition) is 0. The Hall–Kier alpha value is -2.25. The molecule has 0 radical (unpaired) electrons. The van der Waals surface area contributed by atoms with Crippen LogP contribution < -0.4 is 0 Å². The summed E-state index contributed by atoms with van der Waals surface area (Å²) in [6.07, 6.45) is 5.47. The topological polar surface area (TPSA) is 67.6 Å². The average Bonchev–Trinajstić information content (AvgIpc) is 2.96. The maximum absolute atomic E-state index is 12.4. The van der Waals surface area contributed by atoms with Crippen molar-refractivity contribution in [2.75, 3.05) is 12.3 Å². The van der Waals surface area contributed by atoms with E-state index >= 15 is 0 Å². The molecule has 0 unspecified atom stereocenters. The third kappa shape index (κ3) is 2.73. The maximum Gasteiger partial charge on any atom is 0.179 e. The number of hydrogen-bond acceptors (Lipinski definition) is 5. The molecule has 0 atom stereocenters. The summed E-state index contributed by atoms with van der Waals surface area (Å²) >= 11 is 0. The molecule has 1 aliphatic rings. The highest BCUT2D eigenvalue weighted by molar-refractivity contribution is 7.91. The van der Waals surface area contributed by atoms with Gasteiger partial charge in [-0.2, -0.15) is 5.10 Å². The number of aromatic nitrogens is 3. The predicted molar refractivity (Wildman–Crippen MR) is 85.6 cm³/mol. The van der Waals surface area contributed by atoms with Gasteiger partial charge in [0.1, 0.15) is 0 Å². The molecule has 0 saturated carbocycles. The quantitative estimate of drug-likeness (QED) is 0.713. The summed E-state index contributed by atoms with van der Waals surface area (Å²) in [6, 6.07) is 9.10. The first-order valence-electron chi connectivity index (χ1n) is 7.43. The first-order valence-corrected chi connectivity index (χ1v) is 9.08. The van der Waals surface area contributed by atoms with Crippen LogP contribution in [-0.2, 0) is 22.9 Å². The second-order valence-electron chi connectivity index (χ2n) is 5.73. The van der Waals surface area contributed by atoms with Crippen molar-refractivity contribution in [2.45, 2.75) is 18.0 Å². The highest BCUT2D eigenvalue weighted by atomic mass is 32.2. The van der Waals surface area contributed by atoms with Crippen molar-refractivity contribution in [1.82, 2.24) is 19.5 Å². The van der Waals surface area contributed by atoms with E-state index in [0.717, 1.165) is 16.8 Å². The summed E-state index contributed by atoms with van der Waals surface area (Å²) in [5.41, 5.74) is 2.67. The lowest BCUT2D eigenvalue weighted by Crippen LogP contribution is -2.25. The normalized spacial score (nSPS) is 17.7. The highest BCUT2D eigenvalue weighted by Crippen LogP contribution is 2.23. The van der Waals surface area contributed by atoms with E-state index < -0.39 is 9.84 Å². The van der Waals surface area contributed by atoms with Crippen molar-refractivity contribution >= 4 is 15.5 Å². The summed E-state index contributed by atoms with van der Waals surface area (Å²) in [6.45, 7) is 1.77. The second kappa shape index (κ2) is 5.43. The van der Waals surface area contributed by atoms with Crippen LogP contribution >= 0.6 is 0 Å². The van der Waals surface area contributed by atoms with Crippen LogP contribution in [0, 0.1) is 0 Å². The summed E-state index contributed by atoms with van der Waals surface area (Å²) in [5.74, 6) is 0.140. The van der Waals surface area contributed by atoms with Gasteiger partial charge < -0.3 is 0 Å². The van der Waals surface area contributed by atoms with Crippen LogP contribution in [0.4, 0.5) is 0 Å². The van der Waals surface area contributed by atoms with E-state index in [4.69, 9.17) is 0 Å². The van der Waals surface area contributed by atoms with Crippen LogP contribution in [0.25, 0.3) is 5.65 Å². The largest absolute Gasteiger partial charge is 0.294 e. The van der Waals surface area contributed by atoms with Crippen LogP contribution in [-0.4, -0.2) is 40.2 Å². The molecule has 0 fully saturated rings. The van der Waals surface area contributed by atoms with Crippen molar-refractivity contribution in [1.29, 1.82) is 0 Å². The molecule has 0 aliphatic carbocycles. The third-order valence-electron chi connectivity index (χ3n) is 4.08. The molecule has 4 rings (SSSR count). The Kier molecular flexibility index (Phi) is 3.39. The van der Waals surface area contributed by atoms with E-state index in [1.807, 2.05) is 30.6 Å². The molecule has 6 nitrogen and oxygen atoms in total. The Labute approximate surface area is 134 Å². The fraction of sp³-hybridized carbons (Fsp3) is 0.250. The van der Waals surface area contributed by atoms with E-state index in [2.05, 4.69) is 15.0 Å². The van der Waals surface area contributed by atoms with Crippen molar-refractivity contribution in [3.8, 4) is 0 Å². The van der Waals surface area contributed by atoms with Gasteiger partial charge in [-0.15, -0.1) is 0 Å². The predicted octanol–water partition coefficient (Wildman–Crippen LogP) is 1.52. The van der Waals surface area contributed by atoms with Crippen LogP contribution in [0.1, 0.15) is 11.1 Å². The molecule has 0 amide bonds. The van der Waals surface area contributed by atoms with Gasteiger partial charge >= 0.3 is 0 Å². The number of rotatable bonds is 2. The molecule has 1 aromatic carbocycles. The lowest BCUT2D eigenvalue weighted by Gasteiger charge is -2.19. The van der Waals surface area contributed by atoms with Crippen LogP contribution in [0.15, 0.2) is 53.8 Å². The van der Waals surface area contributed by atoms with Gasteiger partial charge in [0.05, 0.1) is 16.8 Å². The number of benzene rings is 1. The van der Waals surface area contributed by atoms with E-state index in [0.29, 0.717) is 24.5 Å². The SMILES string of the molecule is O=S1(=O)CCN(Cc2cnc3ccnn3c2)Cc2ccccc21. The van der Waals surface area contributed by atoms with Crippen LogP contribution in [0.5, 0.6) is 0 Å². The Morgan fingerprint density at radius 1 is 1.17 bits per heavy atom. The number of sulfone groups is 1. The van der Waals surface area contributed by atoms with E-state index in [1.165, 1.54) is 0 Å². The highest BCUT2D eigenvalue weighted by Gasteiger charge is 2.25. The van der Waals surface area contributed by atoms with Crippen molar-refractivity contribution in [2.24, 2.45) is 0 Å². The standard InChI is InChI=1S/C16H16N4O2S/c21-23(22)8-7-19(12-14-3-1-2-4-15(14)23)10-13-9-17-16-5-6-18-20(16)11-13/h1-6,9,11H,7-8,10,12H2. The lowest BCUT2D eigenvalue weighted by atomic mass is 10.2. The van der Waals surface area contributed by atoms with Crippen molar-refractivity contribution in [3.63, 3.8) is 0 Å². The minimum absolute atomic E-state index is 0.140. The molecule has 2 aromatic heterocycles. The lowest BCUT2D eigenvalue weighted by molar-refractivity contribution is 0.273. The maximum atomic E-state index is 12.4. The number of fused-ring (bicyclic) bond motifs is 2. The number of nitrogens with zero attached hydrogens (tertiary/aromatic N) is 4. The summed E-state index contributed by atoms with van der Waals surface area (Å²) in [5, 5.41) is 4.19. The third-order valence-corrected chi connectivity index (χ3v) is 5.87. The zero-order valence-electron chi connectivity index (χ0n) is 12.5. The van der Waals surface area contributed by atoms with Gasteiger partial charge in [0, 0.05) is 43.7 Å². The molecule has 0 N–H and O–H groups in total. The van der Waals surface area contributed by atoms with Gasteiger partial charge in [-0.05, 0) is 11.6 Å². The fourth-order valence-electron chi connectivity index (χ4n) is 2.94. The zero-order valence-corrected chi connectivity index (χ0v) is 13.3. The minimum atomic E-state index is -3.20. The molecular formula is C16H16N4O2S. The van der Waals surface area contributed by atoms with Crippen LogP contribution in [0.2, 0.25) is 0 Å². The monoisotopic (exact) mass is 328 g/mol. The summed E-state index contributed by atoms with van der Waals surface area (Å²) < 4.78 is 26.5. The first kappa shape index (κ1) is 14.3. The second-order valence-corrected chi connectivity index (χ2v) is 7.81. The van der Waals surface area contributed by atoms with Gasteiger partial charge in [0.2, 0.25) is 0 Å². The zero-order chi connectivity index (χ0) is 15.9. The van der Waals surface area contributed by atoms with Gasteiger partial charge in [-0.25, -0.2) is 17.9 Å². The van der Waals surface area contributed by atoms with Crippen molar-refractivity contribution < 1.29 is 8.42 Å². The molecule has 23 heavy (non-hydrogen) atoms. The summed E-state index contributed by atoms with van der Waals surface area (Å²) in [4.78, 5) is 6.95. The molecule has 3 heterocycles. The first-order chi connectivity index (χ1) is 11.1. The van der Waals surface area contributed by atoms with Gasteiger partial charge in [-0.1, -0.05) is 18.2 Å². The van der Waals surface area contributed by atoms with Gasteiger partial charge in [-0.3, -0.25) is 4.90 Å². The summed E-state index contributed by atoms with van der Waals surface area (Å²) in [7, 11) is -3.20. The molecule has 3 aromatic rings. The Balaban J connectivity index is 1.63. The molecule has 0 bridgehead atoms. The molecule has 7 heteroatoms. The average molecular weight is 328 g/mol. The molecule has 0 saturated heterocycles. The Bertz CT molecular complexity index is 965. The fourth-order valence-corrected chi connectivity index (χ4v) is 4.48. The molecular weight excluding hydrogens is 312 g/mol.